The minimum atomic E-state index is -4.50. The van der Waals surface area contributed by atoms with E-state index in [1.165, 1.54) is 0 Å². The number of rotatable bonds is 3. The topological polar surface area (TPSA) is 53.4 Å². The SMILES string of the molecule is Cc1ccc2cc(CN3C[C@@H](C(F)(F)F)[C@H](C(=O)O)C3)ccc2n1. The first-order valence-electron chi connectivity index (χ1n) is 7.62. The van der Waals surface area contributed by atoms with E-state index in [0.717, 1.165) is 22.2 Å². The zero-order chi connectivity index (χ0) is 17.5. The number of carbonyl (C=O) groups is 1. The molecule has 0 bridgehead atoms. The van der Waals surface area contributed by atoms with Gasteiger partial charge in [-0.15, -0.1) is 0 Å². The number of aromatic nitrogens is 1. The molecular formula is C17H17F3N2O2. The van der Waals surface area contributed by atoms with Gasteiger partial charge >= 0.3 is 12.1 Å². The van der Waals surface area contributed by atoms with E-state index >= 15 is 0 Å². The number of nitrogens with zero attached hydrogens (tertiary/aromatic N) is 2. The number of carboxylic acids is 1. The van der Waals surface area contributed by atoms with Crippen molar-refractivity contribution < 1.29 is 23.1 Å². The van der Waals surface area contributed by atoms with Gasteiger partial charge in [0.25, 0.3) is 0 Å². The average Bonchev–Trinajstić information content (AvgIpc) is 2.92. The number of aryl methyl sites for hydroxylation is 1. The van der Waals surface area contributed by atoms with Crippen molar-refractivity contribution in [3.63, 3.8) is 0 Å². The summed E-state index contributed by atoms with van der Waals surface area (Å²) in [7, 11) is 0. The third-order valence-corrected chi connectivity index (χ3v) is 4.43. The molecule has 0 saturated carbocycles. The lowest BCUT2D eigenvalue weighted by Crippen LogP contribution is -2.33. The summed E-state index contributed by atoms with van der Waals surface area (Å²) in [6.45, 7) is 1.80. The number of hydrogen-bond acceptors (Lipinski definition) is 3. The fraction of sp³-hybridized carbons (Fsp3) is 0.412. The van der Waals surface area contributed by atoms with Crippen LogP contribution in [0.15, 0.2) is 30.3 Å². The van der Waals surface area contributed by atoms with E-state index in [0.29, 0.717) is 6.54 Å². The number of alkyl halides is 3. The van der Waals surface area contributed by atoms with Crippen molar-refractivity contribution in [3.8, 4) is 0 Å². The number of fused-ring (bicyclic) bond motifs is 1. The average molecular weight is 338 g/mol. The molecule has 2 atom stereocenters. The molecule has 7 heteroatoms. The van der Waals surface area contributed by atoms with Crippen LogP contribution in [-0.2, 0) is 11.3 Å². The molecular weight excluding hydrogens is 321 g/mol. The van der Waals surface area contributed by atoms with E-state index in [2.05, 4.69) is 4.98 Å². The van der Waals surface area contributed by atoms with Gasteiger partial charge in [-0.2, -0.15) is 13.2 Å². The predicted molar refractivity (Wildman–Crippen MR) is 82.4 cm³/mol. The Balaban J connectivity index is 1.79. The second-order valence-electron chi connectivity index (χ2n) is 6.27. The molecule has 1 aliphatic heterocycles. The van der Waals surface area contributed by atoms with Gasteiger partial charge in [0.1, 0.15) is 0 Å². The molecule has 2 aromatic rings. The molecule has 1 saturated heterocycles. The summed E-state index contributed by atoms with van der Waals surface area (Å²) in [5.74, 6) is -4.62. The highest BCUT2D eigenvalue weighted by Gasteiger charge is 2.52. The fourth-order valence-corrected chi connectivity index (χ4v) is 3.23. The van der Waals surface area contributed by atoms with E-state index < -0.39 is 24.0 Å². The first kappa shape index (κ1) is 16.7. The fourth-order valence-electron chi connectivity index (χ4n) is 3.23. The summed E-state index contributed by atoms with van der Waals surface area (Å²) in [4.78, 5) is 17.1. The maximum Gasteiger partial charge on any atom is 0.393 e. The first-order chi connectivity index (χ1) is 11.2. The quantitative estimate of drug-likeness (QED) is 0.933. The minimum Gasteiger partial charge on any atom is -0.481 e. The second-order valence-corrected chi connectivity index (χ2v) is 6.27. The van der Waals surface area contributed by atoms with Crippen LogP contribution in [0.1, 0.15) is 11.3 Å². The van der Waals surface area contributed by atoms with Gasteiger partial charge in [0.05, 0.1) is 17.4 Å². The first-order valence-corrected chi connectivity index (χ1v) is 7.62. The van der Waals surface area contributed by atoms with E-state index in [1.54, 1.807) is 4.90 Å². The van der Waals surface area contributed by atoms with Crippen molar-refractivity contribution in [2.24, 2.45) is 11.8 Å². The highest BCUT2D eigenvalue weighted by atomic mass is 19.4. The maximum atomic E-state index is 13.0. The summed E-state index contributed by atoms with van der Waals surface area (Å²) < 4.78 is 39.1. The van der Waals surface area contributed by atoms with Crippen LogP contribution in [0.5, 0.6) is 0 Å². The molecule has 0 aliphatic carbocycles. The van der Waals surface area contributed by atoms with E-state index in [9.17, 15) is 18.0 Å². The van der Waals surface area contributed by atoms with E-state index in [-0.39, 0.29) is 13.1 Å². The summed E-state index contributed by atoms with van der Waals surface area (Å²) in [6.07, 6.45) is -4.50. The van der Waals surface area contributed by atoms with Gasteiger partial charge in [0.2, 0.25) is 0 Å². The van der Waals surface area contributed by atoms with Crippen LogP contribution in [-0.4, -0.2) is 40.2 Å². The number of likely N-dealkylation sites (tertiary alicyclic amines) is 1. The highest BCUT2D eigenvalue weighted by Crippen LogP contribution is 2.38. The van der Waals surface area contributed by atoms with Crippen molar-refractivity contribution in [1.82, 2.24) is 9.88 Å². The smallest absolute Gasteiger partial charge is 0.393 e. The molecule has 1 aliphatic rings. The summed E-state index contributed by atoms with van der Waals surface area (Å²) in [6, 6.07) is 9.35. The zero-order valence-corrected chi connectivity index (χ0v) is 13.0. The molecule has 4 nitrogen and oxygen atoms in total. The number of aliphatic carboxylic acids is 1. The molecule has 24 heavy (non-hydrogen) atoms. The lowest BCUT2D eigenvalue weighted by atomic mass is 9.96. The Bertz CT molecular complexity index is 776. The highest BCUT2D eigenvalue weighted by molar-refractivity contribution is 5.79. The van der Waals surface area contributed by atoms with Crippen molar-refractivity contribution in [2.75, 3.05) is 13.1 Å². The van der Waals surface area contributed by atoms with Crippen LogP contribution in [0.3, 0.4) is 0 Å². The van der Waals surface area contributed by atoms with Gasteiger partial charge in [-0.1, -0.05) is 12.1 Å². The van der Waals surface area contributed by atoms with Gasteiger partial charge in [0.15, 0.2) is 0 Å². The Morgan fingerprint density at radius 2 is 2.04 bits per heavy atom. The molecule has 0 unspecified atom stereocenters. The lowest BCUT2D eigenvalue weighted by molar-refractivity contribution is -0.188. The number of halogens is 3. The summed E-state index contributed by atoms with van der Waals surface area (Å²) >= 11 is 0. The zero-order valence-electron chi connectivity index (χ0n) is 13.0. The number of benzene rings is 1. The Hall–Kier alpha value is -2.15. The molecule has 1 N–H and O–H groups in total. The molecule has 1 aromatic heterocycles. The van der Waals surface area contributed by atoms with Gasteiger partial charge in [-0.25, -0.2) is 0 Å². The molecule has 0 radical (unpaired) electrons. The van der Waals surface area contributed by atoms with Crippen LogP contribution < -0.4 is 0 Å². The van der Waals surface area contributed by atoms with Gasteiger partial charge < -0.3 is 5.11 Å². The number of pyridine rings is 1. The third kappa shape index (κ3) is 3.36. The lowest BCUT2D eigenvalue weighted by Gasteiger charge is -2.18. The summed E-state index contributed by atoms with van der Waals surface area (Å²) in [5.41, 5.74) is 2.57. The minimum absolute atomic E-state index is 0.0936. The van der Waals surface area contributed by atoms with Crippen LogP contribution >= 0.6 is 0 Å². The molecule has 0 spiro atoms. The third-order valence-electron chi connectivity index (χ3n) is 4.43. The molecule has 1 aromatic carbocycles. The second kappa shape index (κ2) is 6.05. The Labute approximate surface area is 136 Å². The number of hydrogen-bond donors (Lipinski definition) is 1. The van der Waals surface area contributed by atoms with Crippen molar-refractivity contribution in [2.45, 2.75) is 19.6 Å². The molecule has 0 amide bonds. The van der Waals surface area contributed by atoms with Gasteiger partial charge in [-0.05, 0) is 30.7 Å². The molecule has 128 valence electrons. The standard InChI is InChI=1S/C17H17F3N2O2/c1-10-2-4-12-6-11(3-5-15(12)21-10)7-22-8-13(16(23)24)14(9-22)17(18,19)20/h2-6,13-14H,7-9H2,1H3,(H,23,24)/t13-,14-/m1/s1. The number of carboxylic acid groups (broad SMARTS) is 1. The van der Waals surface area contributed by atoms with Gasteiger partial charge in [0, 0.05) is 30.7 Å². The molecule has 3 rings (SSSR count). The maximum absolute atomic E-state index is 13.0. The Morgan fingerprint density at radius 1 is 1.29 bits per heavy atom. The Kier molecular flexibility index (Phi) is 4.21. The van der Waals surface area contributed by atoms with Gasteiger partial charge in [-0.3, -0.25) is 14.7 Å². The van der Waals surface area contributed by atoms with E-state index in [1.807, 2.05) is 37.3 Å². The van der Waals surface area contributed by atoms with Crippen LogP contribution in [0, 0.1) is 18.8 Å². The van der Waals surface area contributed by atoms with Crippen LogP contribution in [0.4, 0.5) is 13.2 Å². The Morgan fingerprint density at radius 3 is 2.67 bits per heavy atom. The largest absolute Gasteiger partial charge is 0.481 e. The monoisotopic (exact) mass is 338 g/mol. The summed E-state index contributed by atoms with van der Waals surface area (Å²) in [5, 5.41) is 9.98. The molecule has 1 fully saturated rings. The van der Waals surface area contributed by atoms with E-state index in [4.69, 9.17) is 5.11 Å². The van der Waals surface area contributed by atoms with Crippen molar-refractivity contribution >= 4 is 16.9 Å². The molecule has 2 heterocycles. The normalized spacial score (nSPS) is 22.2. The van der Waals surface area contributed by atoms with Crippen molar-refractivity contribution in [3.05, 3.63) is 41.6 Å². The predicted octanol–water partition coefficient (Wildman–Crippen LogP) is 3.24. The van der Waals surface area contributed by atoms with Crippen molar-refractivity contribution in [1.29, 1.82) is 0 Å². The van der Waals surface area contributed by atoms with Crippen LogP contribution in [0.25, 0.3) is 10.9 Å². The van der Waals surface area contributed by atoms with Crippen LogP contribution in [0.2, 0.25) is 0 Å².